The lowest BCUT2D eigenvalue weighted by atomic mass is 10.1. The van der Waals surface area contributed by atoms with Crippen LogP contribution in [0.25, 0.3) is 16.2 Å². The van der Waals surface area contributed by atoms with Gasteiger partial charge >= 0.3 is 0 Å². The van der Waals surface area contributed by atoms with Crippen LogP contribution >= 0.6 is 22.9 Å². The summed E-state index contributed by atoms with van der Waals surface area (Å²) in [7, 11) is 0. The van der Waals surface area contributed by atoms with E-state index >= 15 is 0 Å². The van der Waals surface area contributed by atoms with Gasteiger partial charge in [0.05, 0.1) is 12.1 Å². The quantitative estimate of drug-likeness (QED) is 0.487. The molecule has 0 radical (unpaired) electrons. The molecule has 0 aliphatic rings. The highest BCUT2D eigenvalue weighted by Gasteiger charge is 2.13. The third-order valence-electron chi connectivity index (χ3n) is 4.44. The number of hydrogen-bond donors (Lipinski definition) is 1. The molecule has 1 N–H and O–H groups in total. The zero-order valence-corrected chi connectivity index (χ0v) is 16.3. The van der Waals surface area contributed by atoms with Gasteiger partial charge in [0, 0.05) is 33.5 Å². The summed E-state index contributed by atoms with van der Waals surface area (Å²) in [5.74, 6) is -0.0302. The van der Waals surface area contributed by atoms with E-state index < -0.39 is 0 Å². The zero-order valence-electron chi connectivity index (χ0n) is 14.8. The molecule has 27 heavy (non-hydrogen) atoms. The molecule has 1 amide bonds. The topological polar surface area (TPSA) is 46.4 Å². The number of rotatable bonds is 5. The summed E-state index contributed by atoms with van der Waals surface area (Å²) in [6.45, 7) is 2.08. The van der Waals surface area contributed by atoms with Gasteiger partial charge in [0.25, 0.3) is 0 Å². The Morgan fingerprint density at radius 2 is 1.96 bits per heavy atom. The SMILES string of the molecule is CCc1ccccc1NC(=O)Cc1csc2nc(-c3ccc(Cl)cc3)cn12. The summed E-state index contributed by atoms with van der Waals surface area (Å²) in [5, 5.41) is 5.71. The monoisotopic (exact) mass is 395 g/mol. The maximum Gasteiger partial charge on any atom is 0.230 e. The fourth-order valence-corrected chi connectivity index (χ4v) is 4.02. The molecule has 0 bridgehead atoms. The van der Waals surface area contributed by atoms with Gasteiger partial charge in [0.15, 0.2) is 4.96 Å². The number of nitrogens with zero attached hydrogens (tertiary/aromatic N) is 2. The molecule has 2 aromatic carbocycles. The van der Waals surface area contributed by atoms with E-state index in [0.717, 1.165) is 39.6 Å². The Bertz CT molecular complexity index is 1100. The maximum absolute atomic E-state index is 12.6. The second kappa shape index (κ2) is 7.55. The van der Waals surface area contributed by atoms with Crippen LogP contribution in [0.1, 0.15) is 18.2 Å². The lowest BCUT2D eigenvalue weighted by Crippen LogP contribution is -2.16. The molecule has 6 heteroatoms. The first kappa shape index (κ1) is 17.8. The number of aryl methyl sites for hydroxylation is 1. The molecule has 4 nitrogen and oxygen atoms in total. The number of carbonyl (C=O) groups excluding carboxylic acids is 1. The summed E-state index contributed by atoms with van der Waals surface area (Å²) in [4.78, 5) is 18.1. The predicted molar refractivity (Wildman–Crippen MR) is 112 cm³/mol. The van der Waals surface area contributed by atoms with Crippen molar-refractivity contribution in [3.63, 3.8) is 0 Å². The molecule has 0 spiro atoms. The fourth-order valence-electron chi connectivity index (χ4n) is 3.03. The Morgan fingerprint density at radius 3 is 2.74 bits per heavy atom. The van der Waals surface area contributed by atoms with Gasteiger partial charge in [0.1, 0.15) is 0 Å². The normalized spacial score (nSPS) is 11.0. The van der Waals surface area contributed by atoms with Crippen molar-refractivity contribution in [2.45, 2.75) is 19.8 Å². The van der Waals surface area contributed by atoms with E-state index in [1.54, 1.807) is 0 Å². The van der Waals surface area contributed by atoms with Crippen LogP contribution in [0.2, 0.25) is 5.02 Å². The molecule has 0 aliphatic heterocycles. The third-order valence-corrected chi connectivity index (χ3v) is 5.58. The number of aromatic nitrogens is 2. The van der Waals surface area contributed by atoms with E-state index in [2.05, 4.69) is 17.2 Å². The molecule has 136 valence electrons. The minimum Gasteiger partial charge on any atom is -0.326 e. The van der Waals surface area contributed by atoms with Crippen molar-refractivity contribution in [1.29, 1.82) is 0 Å². The van der Waals surface area contributed by atoms with Crippen molar-refractivity contribution in [2.24, 2.45) is 0 Å². The van der Waals surface area contributed by atoms with E-state index in [0.29, 0.717) is 11.4 Å². The number of para-hydroxylation sites is 1. The van der Waals surface area contributed by atoms with E-state index in [-0.39, 0.29) is 5.91 Å². The van der Waals surface area contributed by atoms with Crippen molar-refractivity contribution in [3.05, 3.63) is 76.4 Å². The van der Waals surface area contributed by atoms with Crippen LogP contribution in [-0.4, -0.2) is 15.3 Å². The average molecular weight is 396 g/mol. The van der Waals surface area contributed by atoms with Crippen LogP contribution in [-0.2, 0) is 17.6 Å². The highest BCUT2D eigenvalue weighted by Crippen LogP contribution is 2.25. The number of halogens is 1. The number of imidazole rings is 1. The number of hydrogen-bond acceptors (Lipinski definition) is 3. The molecule has 0 saturated heterocycles. The first-order chi connectivity index (χ1) is 13.1. The number of anilines is 1. The molecule has 0 fully saturated rings. The van der Waals surface area contributed by atoms with Crippen LogP contribution < -0.4 is 5.32 Å². The van der Waals surface area contributed by atoms with Crippen LogP contribution in [0.3, 0.4) is 0 Å². The lowest BCUT2D eigenvalue weighted by molar-refractivity contribution is -0.115. The van der Waals surface area contributed by atoms with Gasteiger partial charge in [-0.2, -0.15) is 0 Å². The van der Waals surface area contributed by atoms with Crippen molar-refractivity contribution in [3.8, 4) is 11.3 Å². The van der Waals surface area contributed by atoms with Crippen LogP contribution in [0, 0.1) is 0 Å². The summed E-state index contributed by atoms with van der Waals surface area (Å²) < 4.78 is 1.99. The number of fused-ring (bicyclic) bond motifs is 1. The number of benzene rings is 2. The number of nitrogens with one attached hydrogen (secondary N) is 1. The maximum atomic E-state index is 12.6. The van der Waals surface area contributed by atoms with Crippen molar-refractivity contribution >= 4 is 39.5 Å². The van der Waals surface area contributed by atoms with Gasteiger partial charge in [-0.05, 0) is 30.2 Å². The summed E-state index contributed by atoms with van der Waals surface area (Å²) in [6.07, 6.45) is 3.15. The zero-order chi connectivity index (χ0) is 18.8. The van der Waals surface area contributed by atoms with Gasteiger partial charge < -0.3 is 5.32 Å². The van der Waals surface area contributed by atoms with Gasteiger partial charge in [-0.1, -0.05) is 48.9 Å². The highest BCUT2D eigenvalue weighted by atomic mass is 35.5. The molecule has 4 rings (SSSR count). The second-order valence-electron chi connectivity index (χ2n) is 6.25. The summed E-state index contributed by atoms with van der Waals surface area (Å²) in [5.41, 5.74) is 4.81. The second-order valence-corrected chi connectivity index (χ2v) is 7.52. The smallest absolute Gasteiger partial charge is 0.230 e. The highest BCUT2D eigenvalue weighted by molar-refractivity contribution is 7.15. The minimum absolute atomic E-state index is 0.0302. The van der Waals surface area contributed by atoms with E-state index in [4.69, 9.17) is 11.6 Å². The van der Waals surface area contributed by atoms with Crippen molar-refractivity contribution < 1.29 is 4.79 Å². The van der Waals surface area contributed by atoms with E-state index in [9.17, 15) is 4.79 Å². The third kappa shape index (κ3) is 3.75. The summed E-state index contributed by atoms with van der Waals surface area (Å²) >= 11 is 7.49. The van der Waals surface area contributed by atoms with Crippen LogP contribution in [0.15, 0.2) is 60.1 Å². The standard InChI is InChI=1S/C21H18ClN3OS/c1-2-14-5-3-4-6-18(14)23-20(26)11-17-13-27-21-24-19(12-25(17)21)15-7-9-16(22)10-8-15/h3-10,12-13H,2,11H2,1H3,(H,23,26). The number of carbonyl (C=O) groups is 1. The number of thiazole rings is 1. The minimum atomic E-state index is -0.0302. The van der Waals surface area contributed by atoms with Gasteiger partial charge in [-0.15, -0.1) is 11.3 Å². The summed E-state index contributed by atoms with van der Waals surface area (Å²) in [6, 6.07) is 15.5. The van der Waals surface area contributed by atoms with E-state index in [1.807, 2.05) is 64.5 Å². The number of amides is 1. The fraction of sp³-hybridized carbons (Fsp3) is 0.143. The molecule has 4 aromatic rings. The lowest BCUT2D eigenvalue weighted by Gasteiger charge is -2.09. The molecule has 0 atom stereocenters. The van der Waals surface area contributed by atoms with Gasteiger partial charge in [0.2, 0.25) is 5.91 Å². The predicted octanol–water partition coefficient (Wildman–Crippen LogP) is 5.46. The molecule has 2 aromatic heterocycles. The Labute approximate surface area is 166 Å². The molecule has 2 heterocycles. The van der Waals surface area contributed by atoms with Crippen LogP contribution in [0.5, 0.6) is 0 Å². The largest absolute Gasteiger partial charge is 0.326 e. The Hall–Kier alpha value is -2.63. The molecular weight excluding hydrogens is 378 g/mol. The van der Waals surface area contributed by atoms with Crippen molar-refractivity contribution in [2.75, 3.05) is 5.32 Å². The van der Waals surface area contributed by atoms with Crippen LogP contribution in [0.4, 0.5) is 5.69 Å². The molecule has 0 saturated carbocycles. The molecule has 0 aliphatic carbocycles. The Kier molecular flexibility index (Phi) is 4.97. The Morgan fingerprint density at radius 1 is 1.19 bits per heavy atom. The van der Waals surface area contributed by atoms with E-state index in [1.165, 1.54) is 11.3 Å². The first-order valence-corrected chi connectivity index (χ1v) is 9.99. The first-order valence-electron chi connectivity index (χ1n) is 8.73. The van der Waals surface area contributed by atoms with Crippen molar-refractivity contribution in [1.82, 2.24) is 9.38 Å². The average Bonchev–Trinajstić information content (AvgIpc) is 3.25. The van der Waals surface area contributed by atoms with Gasteiger partial charge in [-0.25, -0.2) is 4.98 Å². The molecular formula is C21H18ClN3OS. The Balaban J connectivity index is 1.55. The molecule has 0 unspecified atom stereocenters. The van der Waals surface area contributed by atoms with Gasteiger partial charge in [-0.3, -0.25) is 9.20 Å².